The summed E-state index contributed by atoms with van der Waals surface area (Å²) >= 11 is 0. The Hall–Kier alpha value is -0.0800. The van der Waals surface area contributed by atoms with Crippen molar-refractivity contribution in [2.24, 2.45) is 5.92 Å². The first-order valence-corrected chi connectivity index (χ1v) is 4.81. The minimum atomic E-state index is 0. The predicted octanol–water partition coefficient (Wildman–Crippen LogP) is 4.33. The molecule has 0 saturated carbocycles. The molecule has 0 heterocycles. The first kappa shape index (κ1) is 17.9. The minimum absolute atomic E-state index is 0. The van der Waals surface area contributed by atoms with E-state index < -0.39 is 0 Å². The van der Waals surface area contributed by atoms with Gasteiger partial charge in [-0.2, -0.15) is 0 Å². The molecule has 0 spiro atoms. The quantitative estimate of drug-likeness (QED) is 0.632. The van der Waals surface area contributed by atoms with E-state index in [1.54, 1.807) is 0 Å². The lowest BCUT2D eigenvalue weighted by molar-refractivity contribution is 0.454. The molecule has 0 aliphatic heterocycles. The molecule has 2 heteroatoms. The van der Waals surface area contributed by atoms with Gasteiger partial charge in [0.05, 0.1) is 0 Å². The van der Waals surface area contributed by atoms with Gasteiger partial charge in [0.2, 0.25) is 0 Å². The maximum atomic E-state index is 2.38. The summed E-state index contributed by atoms with van der Waals surface area (Å²) in [6.45, 7) is 6.92. The smallest absolute Gasteiger partial charge is 0.0443 e. The van der Waals surface area contributed by atoms with E-state index in [0.717, 1.165) is 5.92 Å². The van der Waals surface area contributed by atoms with Crippen molar-refractivity contribution < 1.29 is 0 Å². The molecule has 0 aliphatic rings. The second-order valence-corrected chi connectivity index (χ2v) is 3.39. The maximum Gasteiger partial charge on any atom is -0.0443 e. The largest absolute Gasteiger partial charge is 0.344 e. The maximum absolute atomic E-state index is 2.38. The number of unbranched alkanes of at least 4 members (excludes halogenated alkanes) is 2. The SMILES string of the molecule is CCCCC(C)CCCC.N.N. The summed E-state index contributed by atoms with van der Waals surface area (Å²) in [7, 11) is 0. The summed E-state index contributed by atoms with van der Waals surface area (Å²) in [5.41, 5.74) is 0. The molecule has 2 nitrogen and oxygen atoms in total. The molecule has 0 aromatic rings. The minimum Gasteiger partial charge on any atom is -0.344 e. The van der Waals surface area contributed by atoms with Crippen LogP contribution in [0.2, 0.25) is 0 Å². The molecule has 0 fully saturated rings. The summed E-state index contributed by atoms with van der Waals surface area (Å²) in [5, 5.41) is 0. The summed E-state index contributed by atoms with van der Waals surface area (Å²) in [6.07, 6.45) is 8.44. The Balaban J connectivity index is -0.000000405. The van der Waals surface area contributed by atoms with E-state index in [0.29, 0.717) is 0 Å². The normalized spacial score (nSPS) is 9.00. The van der Waals surface area contributed by atoms with Gasteiger partial charge in [0.25, 0.3) is 0 Å². The van der Waals surface area contributed by atoms with Crippen molar-refractivity contribution in [1.29, 1.82) is 0 Å². The van der Waals surface area contributed by atoms with Crippen LogP contribution in [0, 0.1) is 5.92 Å². The van der Waals surface area contributed by atoms with Gasteiger partial charge in [0.15, 0.2) is 0 Å². The highest BCUT2D eigenvalue weighted by Crippen LogP contribution is 2.14. The molecule has 0 aromatic heterocycles. The topological polar surface area (TPSA) is 70.0 Å². The predicted molar refractivity (Wildman–Crippen MR) is 58.3 cm³/mol. The van der Waals surface area contributed by atoms with Gasteiger partial charge in [-0.3, -0.25) is 0 Å². The lowest BCUT2D eigenvalue weighted by Gasteiger charge is -2.08. The molecule has 0 radical (unpaired) electrons. The molecular formula is C10H28N2. The van der Waals surface area contributed by atoms with Gasteiger partial charge in [-0.25, -0.2) is 0 Å². The van der Waals surface area contributed by atoms with Gasteiger partial charge in [-0.1, -0.05) is 59.3 Å². The first-order chi connectivity index (χ1) is 4.81. The van der Waals surface area contributed by atoms with Crippen molar-refractivity contribution in [1.82, 2.24) is 12.3 Å². The molecule has 78 valence electrons. The molecule has 0 unspecified atom stereocenters. The molecule has 0 atom stereocenters. The van der Waals surface area contributed by atoms with Crippen LogP contribution in [-0.2, 0) is 0 Å². The van der Waals surface area contributed by atoms with E-state index in [2.05, 4.69) is 20.8 Å². The van der Waals surface area contributed by atoms with Crippen LogP contribution in [0.4, 0.5) is 0 Å². The van der Waals surface area contributed by atoms with Gasteiger partial charge in [-0.05, 0) is 5.92 Å². The third-order valence-electron chi connectivity index (χ3n) is 2.10. The van der Waals surface area contributed by atoms with Crippen LogP contribution in [0.25, 0.3) is 0 Å². The summed E-state index contributed by atoms with van der Waals surface area (Å²) in [4.78, 5) is 0. The molecule has 0 saturated heterocycles. The molecule has 0 aromatic carbocycles. The van der Waals surface area contributed by atoms with Crippen molar-refractivity contribution in [2.45, 2.75) is 59.3 Å². The molecule has 12 heavy (non-hydrogen) atoms. The van der Waals surface area contributed by atoms with Crippen LogP contribution < -0.4 is 12.3 Å². The van der Waals surface area contributed by atoms with Gasteiger partial charge in [0, 0.05) is 0 Å². The van der Waals surface area contributed by atoms with Crippen LogP contribution >= 0.6 is 0 Å². The average Bonchev–Trinajstić information content (AvgIpc) is 1.97. The van der Waals surface area contributed by atoms with Crippen molar-refractivity contribution in [3.63, 3.8) is 0 Å². The van der Waals surface area contributed by atoms with Gasteiger partial charge < -0.3 is 12.3 Å². The van der Waals surface area contributed by atoms with Gasteiger partial charge >= 0.3 is 0 Å². The van der Waals surface area contributed by atoms with E-state index in [1.807, 2.05) is 0 Å². The number of hydrogen-bond acceptors (Lipinski definition) is 2. The van der Waals surface area contributed by atoms with Crippen molar-refractivity contribution in [3.8, 4) is 0 Å². The molecule has 0 amide bonds. The Kier molecular flexibility index (Phi) is 20.1. The standard InChI is InChI=1S/C10H22.2H3N/c1-4-6-8-10(3)9-7-5-2;;/h10H,4-9H2,1-3H3;2*1H3. The van der Waals surface area contributed by atoms with Crippen molar-refractivity contribution in [2.75, 3.05) is 0 Å². The summed E-state index contributed by atoms with van der Waals surface area (Å²) in [5.74, 6) is 0.972. The third kappa shape index (κ3) is 12.6. The number of hydrogen-bond donors (Lipinski definition) is 2. The molecule has 0 aliphatic carbocycles. The second kappa shape index (κ2) is 13.5. The Bertz CT molecular complexity index is 56.9. The van der Waals surface area contributed by atoms with Crippen molar-refractivity contribution >= 4 is 0 Å². The fourth-order valence-electron chi connectivity index (χ4n) is 1.25. The Labute approximate surface area is 78.3 Å². The summed E-state index contributed by atoms with van der Waals surface area (Å²) in [6, 6.07) is 0. The summed E-state index contributed by atoms with van der Waals surface area (Å²) < 4.78 is 0. The third-order valence-corrected chi connectivity index (χ3v) is 2.10. The van der Waals surface area contributed by atoms with E-state index >= 15 is 0 Å². The van der Waals surface area contributed by atoms with Crippen molar-refractivity contribution in [3.05, 3.63) is 0 Å². The highest BCUT2D eigenvalue weighted by atomic mass is 14.0. The van der Waals surface area contributed by atoms with E-state index in [-0.39, 0.29) is 12.3 Å². The fraction of sp³-hybridized carbons (Fsp3) is 1.00. The molecule has 0 rings (SSSR count). The van der Waals surface area contributed by atoms with E-state index in [1.165, 1.54) is 38.5 Å². The molecule has 6 N–H and O–H groups in total. The van der Waals surface area contributed by atoms with Gasteiger partial charge in [-0.15, -0.1) is 0 Å². The Morgan fingerprint density at radius 2 is 1.17 bits per heavy atom. The number of rotatable bonds is 6. The monoisotopic (exact) mass is 176 g/mol. The lowest BCUT2D eigenvalue weighted by Crippen LogP contribution is -1.93. The van der Waals surface area contributed by atoms with Gasteiger partial charge in [0.1, 0.15) is 0 Å². The lowest BCUT2D eigenvalue weighted by atomic mass is 9.98. The van der Waals surface area contributed by atoms with Crippen LogP contribution in [0.15, 0.2) is 0 Å². The molecular weight excluding hydrogens is 148 g/mol. The zero-order valence-electron chi connectivity index (χ0n) is 9.23. The van der Waals surface area contributed by atoms with E-state index in [9.17, 15) is 0 Å². The van der Waals surface area contributed by atoms with Crippen LogP contribution in [0.3, 0.4) is 0 Å². The first-order valence-electron chi connectivity index (χ1n) is 4.81. The molecule has 0 bridgehead atoms. The highest BCUT2D eigenvalue weighted by molar-refractivity contribution is 4.52. The van der Waals surface area contributed by atoms with Crippen LogP contribution in [0.5, 0.6) is 0 Å². The Morgan fingerprint density at radius 3 is 1.42 bits per heavy atom. The fourth-order valence-corrected chi connectivity index (χ4v) is 1.25. The zero-order valence-corrected chi connectivity index (χ0v) is 9.23. The average molecular weight is 176 g/mol. The highest BCUT2D eigenvalue weighted by Gasteiger charge is 1.98. The van der Waals surface area contributed by atoms with Crippen LogP contribution in [0.1, 0.15) is 59.3 Å². The Morgan fingerprint density at radius 1 is 0.833 bits per heavy atom. The second-order valence-electron chi connectivity index (χ2n) is 3.39. The van der Waals surface area contributed by atoms with E-state index in [4.69, 9.17) is 0 Å². The zero-order chi connectivity index (χ0) is 7.82. The van der Waals surface area contributed by atoms with Crippen LogP contribution in [-0.4, -0.2) is 0 Å².